The number of amides is 2. The average Bonchev–Trinajstić information content (AvgIpc) is 3.38. The third-order valence-electron chi connectivity index (χ3n) is 6.45. The molecule has 44 heavy (non-hydrogen) atoms. The number of carbonyl (C=O) groups excluding carboxylic acids is 2. The number of nitrogens with one attached hydrogen (secondary N) is 2. The summed E-state index contributed by atoms with van der Waals surface area (Å²) < 4.78 is 120. The Morgan fingerprint density at radius 1 is 0.909 bits per heavy atom. The van der Waals surface area contributed by atoms with Gasteiger partial charge in [0.25, 0.3) is 11.5 Å². The van der Waals surface area contributed by atoms with Crippen LogP contribution >= 0.6 is 11.6 Å². The fraction of sp³-hybridized carbons (Fsp3) is 0.250. The maximum Gasteiger partial charge on any atom is 0.435 e. The topological polar surface area (TPSA) is 79.8 Å². The number of hydrogen-bond donors (Lipinski definition) is 2. The van der Waals surface area contributed by atoms with Crippen LogP contribution in [0.3, 0.4) is 0 Å². The van der Waals surface area contributed by atoms with Crippen molar-refractivity contribution in [3.05, 3.63) is 87.9 Å². The highest BCUT2D eigenvalue weighted by atomic mass is 35.5. The van der Waals surface area contributed by atoms with Crippen molar-refractivity contribution in [3.8, 4) is 0 Å². The first kappa shape index (κ1) is 32.6. The van der Waals surface area contributed by atoms with Gasteiger partial charge in [-0.3, -0.25) is 9.59 Å². The van der Waals surface area contributed by atoms with Crippen molar-refractivity contribution in [2.45, 2.75) is 30.6 Å². The molecular formula is C28H19ClF9N3O3. The van der Waals surface area contributed by atoms with Gasteiger partial charge in [-0.2, -0.15) is 39.5 Å². The summed E-state index contributed by atoms with van der Waals surface area (Å²) in [6.45, 7) is -2.30. The van der Waals surface area contributed by atoms with Crippen LogP contribution in [0.15, 0.2) is 65.8 Å². The molecule has 0 fully saturated rings. The lowest BCUT2D eigenvalue weighted by molar-refractivity contribution is -0.276. The molecule has 3 aromatic carbocycles. The van der Waals surface area contributed by atoms with Crippen molar-refractivity contribution in [1.29, 1.82) is 0 Å². The van der Waals surface area contributed by atoms with Gasteiger partial charge in [-0.1, -0.05) is 53.2 Å². The van der Waals surface area contributed by atoms with Gasteiger partial charge < -0.3 is 15.5 Å². The Bertz CT molecular complexity index is 1650. The standard InChI is InChI=1S/C28H19ClF9N3O3/c29-18-10-16(9-17(11-18)27(33,34)35)25(28(36,37)38)12-19(41-44-25)7-5-15-6-8-22(21-4-2-1-3-20(15)21)24(43)39-13-23(42)40-14-26(30,31)32/h1-11H,12-14H2,(H,39,43)(H,40,42). The molecule has 1 atom stereocenters. The third kappa shape index (κ3) is 7.26. The van der Waals surface area contributed by atoms with Crippen LogP contribution in [-0.4, -0.2) is 43.0 Å². The van der Waals surface area contributed by atoms with E-state index in [9.17, 15) is 49.1 Å². The lowest BCUT2D eigenvalue weighted by atomic mass is 9.87. The number of allylic oxidation sites excluding steroid dienone is 1. The highest BCUT2D eigenvalue weighted by Gasteiger charge is 2.62. The summed E-state index contributed by atoms with van der Waals surface area (Å²) in [5.41, 5.74) is -5.33. The summed E-state index contributed by atoms with van der Waals surface area (Å²) in [5.74, 6) is -1.84. The predicted octanol–water partition coefficient (Wildman–Crippen LogP) is 7.17. The van der Waals surface area contributed by atoms with E-state index in [4.69, 9.17) is 16.4 Å². The number of oxime groups is 1. The van der Waals surface area contributed by atoms with Crippen molar-refractivity contribution in [3.63, 3.8) is 0 Å². The van der Waals surface area contributed by atoms with E-state index in [-0.39, 0.29) is 11.3 Å². The van der Waals surface area contributed by atoms with E-state index in [0.717, 1.165) is 6.07 Å². The number of alkyl halides is 9. The van der Waals surface area contributed by atoms with Crippen LogP contribution in [0.25, 0.3) is 16.8 Å². The molecule has 0 spiro atoms. The highest BCUT2D eigenvalue weighted by molar-refractivity contribution is 6.30. The molecule has 0 radical (unpaired) electrons. The molecule has 4 rings (SSSR count). The zero-order valence-electron chi connectivity index (χ0n) is 21.9. The molecule has 6 nitrogen and oxygen atoms in total. The molecule has 234 valence electrons. The van der Waals surface area contributed by atoms with Gasteiger partial charge in [0, 0.05) is 22.6 Å². The number of rotatable bonds is 7. The van der Waals surface area contributed by atoms with Crippen LogP contribution < -0.4 is 10.6 Å². The summed E-state index contributed by atoms with van der Waals surface area (Å²) in [5, 5.41) is 7.52. The molecule has 1 unspecified atom stereocenters. The minimum absolute atomic E-state index is 0.0559. The third-order valence-corrected chi connectivity index (χ3v) is 6.67. The van der Waals surface area contributed by atoms with Crippen molar-refractivity contribution in [2.75, 3.05) is 13.1 Å². The zero-order chi connectivity index (χ0) is 32.5. The van der Waals surface area contributed by atoms with Gasteiger partial charge in [0.1, 0.15) is 6.54 Å². The monoisotopic (exact) mass is 651 g/mol. The number of nitrogens with zero attached hydrogens (tertiary/aromatic N) is 1. The summed E-state index contributed by atoms with van der Waals surface area (Å²) >= 11 is 5.72. The Morgan fingerprint density at radius 2 is 1.59 bits per heavy atom. The number of carbonyl (C=O) groups is 2. The van der Waals surface area contributed by atoms with E-state index in [1.54, 1.807) is 23.5 Å². The van der Waals surface area contributed by atoms with E-state index >= 15 is 0 Å². The second-order valence-corrected chi connectivity index (χ2v) is 9.99. The lowest BCUT2D eigenvalue weighted by Gasteiger charge is -2.30. The SMILES string of the molecule is O=C(CNC(=O)c1ccc(C=CC2=NOC(c3cc(Cl)cc(C(F)(F)F)c3)(C(F)(F)F)C2)c2ccccc12)NCC(F)(F)F. The second-order valence-electron chi connectivity index (χ2n) is 9.56. The molecule has 1 aliphatic heterocycles. The van der Waals surface area contributed by atoms with Crippen LogP contribution in [0, 0.1) is 0 Å². The molecule has 0 aliphatic carbocycles. The Balaban J connectivity index is 1.56. The first-order valence-corrected chi connectivity index (χ1v) is 12.8. The van der Waals surface area contributed by atoms with E-state index in [0.29, 0.717) is 28.5 Å². The first-order chi connectivity index (χ1) is 20.4. The quantitative estimate of drug-likeness (QED) is 0.266. The fourth-order valence-corrected chi connectivity index (χ4v) is 4.61. The Hall–Kier alpha value is -4.27. The van der Waals surface area contributed by atoms with Crippen LogP contribution in [0.1, 0.15) is 33.5 Å². The molecule has 2 amide bonds. The number of benzene rings is 3. The minimum atomic E-state index is -5.19. The number of halogens is 10. The lowest BCUT2D eigenvalue weighted by Crippen LogP contribution is -2.42. The Morgan fingerprint density at radius 3 is 2.23 bits per heavy atom. The van der Waals surface area contributed by atoms with Crippen LogP contribution in [0.4, 0.5) is 39.5 Å². The maximum absolute atomic E-state index is 14.3. The normalized spacial score (nSPS) is 17.5. The molecule has 2 N–H and O–H groups in total. The predicted molar refractivity (Wildman–Crippen MR) is 142 cm³/mol. The second kappa shape index (κ2) is 12.0. The molecule has 3 aromatic rings. The van der Waals surface area contributed by atoms with Gasteiger partial charge in [-0.25, -0.2) is 0 Å². The van der Waals surface area contributed by atoms with Crippen molar-refractivity contribution in [1.82, 2.24) is 10.6 Å². The van der Waals surface area contributed by atoms with Gasteiger partial charge in [0.15, 0.2) is 0 Å². The van der Waals surface area contributed by atoms with E-state index in [1.165, 1.54) is 30.4 Å². The van der Waals surface area contributed by atoms with Crippen molar-refractivity contribution >= 4 is 46.0 Å². The molecule has 1 aliphatic rings. The summed E-state index contributed by atoms with van der Waals surface area (Å²) in [7, 11) is 0. The smallest absolute Gasteiger partial charge is 0.374 e. The van der Waals surface area contributed by atoms with Gasteiger partial charge in [-0.05, 0) is 46.7 Å². The van der Waals surface area contributed by atoms with Gasteiger partial charge in [0.2, 0.25) is 5.91 Å². The van der Waals surface area contributed by atoms with Crippen LogP contribution in [-0.2, 0) is 21.4 Å². The van der Waals surface area contributed by atoms with Gasteiger partial charge >= 0.3 is 18.5 Å². The van der Waals surface area contributed by atoms with Crippen molar-refractivity contribution < 1.29 is 53.9 Å². The molecule has 0 saturated heterocycles. The van der Waals surface area contributed by atoms with Gasteiger partial charge in [0.05, 0.1) is 17.8 Å². The maximum atomic E-state index is 14.3. The van der Waals surface area contributed by atoms with Gasteiger partial charge in [-0.15, -0.1) is 0 Å². The molecule has 0 bridgehead atoms. The largest absolute Gasteiger partial charge is 0.435 e. The van der Waals surface area contributed by atoms with Crippen molar-refractivity contribution in [2.24, 2.45) is 5.16 Å². The van der Waals surface area contributed by atoms with E-state index in [2.05, 4.69) is 10.5 Å². The van der Waals surface area contributed by atoms with Crippen LogP contribution in [0.2, 0.25) is 5.02 Å². The Labute approximate surface area is 247 Å². The number of hydrogen-bond acceptors (Lipinski definition) is 4. The molecule has 0 saturated carbocycles. The first-order valence-electron chi connectivity index (χ1n) is 12.4. The average molecular weight is 652 g/mol. The fourth-order valence-electron chi connectivity index (χ4n) is 4.37. The highest BCUT2D eigenvalue weighted by Crippen LogP contribution is 2.49. The van der Waals surface area contributed by atoms with E-state index < -0.39 is 71.6 Å². The molecule has 0 aromatic heterocycles. The Kier molecular flexibility index (Phi) is 8.92. The zero-order valence-corrected chi connectivity index (χ0v) is 22.7. The van der Waals surface area contributed by atoms with E-state index in [1.807, 2.05) is 0 Å². The molecule has 16 heteroatoms. The molecular weight excluding hydrogens is 633 g/mol. The minimum Gasteiger partial charge on any atom is -0.374 e. The number of fused-ring (bicyclic) bond motifs is 1. The summed E-state index contributed by atoms with van der Waals surface area (Å²) in [4.78, 5) is 29.1. The summed E-state index contributed by atoms with van der Waals surface area (Å²) in [6.07, 6.45) is -13.2. The molecule has 1 heterocycles. The van der Waals surface area contributed by atoms with Crippen LogP contribution in [0.5, 0.6) is 0 Å². The summed E-state index contributed by atoms with van der Waals surface area (Å²) in [6, 6.07) is 10.6.